The number of benzene rings is 1. The Labute approximate surface area is 85.4 Å². The molecule has 0 aliphatic heterocycles. The monoisotopic (exact) mass is 204 g/mol. The average molecular weight is 204 g/mol. The van der Waals surface area contributed by atoms with Gasteiger partial charge in [-0.25, -0.2) is 0 Å². The second kappa shape index (κ2) is 3.64. The maximum absolute atomic E-state index is 10.5. The molecule has 70 valence electrons. The Kier molecular flexibility index (Phi) is 2.33. The van der Waals surface area contributed by atoms with E-state index >= 15 is 0 Å². The lowest BCUT2D eigenvalue weighted by molar-refractivity contribution is 0.112. The second-order valence-corrected chi connectivity index (χ2v) is 3.95. The summed E-state index contributed by atoms with van der Waals surface area (Å²) in [5, 5.41) is 9.56. The molecule has 1 aromatic carbocycles. The van der Waals surface area contributed by atoms with Crippen LogP contribution in [0.2, 0.25) is 0 Å². The third-order valence-corrected chi connectivity index (χ3v) is 2.96. The van der Waals surface area contributed by atoms with Crippen molar-refractivity contribution in [1.29, 1.82) is 0 Å². The molecule has 0 radical (unpaired) electrons. The average Bonchev–Trinajstić information content (AvgIpc) is 2.67. The number of thiophene rings is 1. The van der Waals surface area contributed by atoms with Crippen molar-refractivity contribution >= 4 is 17.6 Å². The zero-order chi connectivity index (χ0) is 9.97. The first kappa shape index (κ1) is 8.97. The van der Waals surface area contributed by atoms with E-state index in [4.69, 9.17) is 0 Å². The summed E-state index contributed by atoms with van der Waals surface area (Å²) in [5.41, 5.74) is 0.769. The van der Waals surface area contributed by atoms with Gasteiger partial charge in [-0.15, -0.1) is 11.3 Å². The van der Waals surface area contributed by atoms with E-state index in [9.17, 15) is 9.90 Å². The van der Waals surface area contributed by atoms with E-state index in [2.05, 4.69) is 0 Å². The van der Waals surface area contributed by atoms with Crippen molar-refractivity contribution < 1.29 is 9.90 Å². The molecule has 3 heteroatoms. The predicted molar refractivity (Wildman–Crippen MR) is 56.8 cm³/mol. The Morgan fingerprint density at radius 3 is 2.57 bits per heavy atom. The molecule has 2 nitrogen and oxygen atoms in total. The number of aldehydes is 1. The summed E-state index contributed by atoms with van der Waals surface area (Å²) in [6.07, 6.45) is 0.814. The maximum atomic E-state index is 10.5. The molecular weight excluding hydrogens is 196 g/mol. The third kappa shape index (κ3) is 1.54. The number of hydrogen-bond donors (Lipinski definition) is 1. The molecule has 0 saturated heterocycles. The molecule has 1 N–H and O–H groups in total. The first-order chi connectivity index (χ1) is 6.81. The van der Waals surface area contributed by atoms with Crippen LogP contribution in [0.15, 0.2) is 36.4 Å². The Bertz CT molecular complexity index is 460. The van der Waals surface area contributed by atoms with Gasteiger partial charge in [0, 0.05) is 10.4 Å². The summed E-state index contributed by atoms with van der Waals surface area (Å²) in [5.74, 6) is 0.242. The second-order valence-electron chi connectivity index (χ2n) is 2.84. The fourth-order valence-corrected chi connectivity index (χ4v) is 2.10. The van der Waals surface area contributed by atoms with Crippen molar-refractivity contribution in [2.75, 3.05) is 0 Å². The number of carbonyl (C=O) groups excluding carboxylic acids is 1. The number of rotatable bonds is 2. The van der Waals surface area contributed by atoms with Gasteiger partial charge in [0.2, 0.25) is 0 Å². The molecule has 2 aromatic rings. The largest absolute Gasteiger partial charge is 0.507 e. The fraction of sp³-hybridized carbons (Fsp3) is 0. The molecule has 0 spiro atoms. The van der Waals surface area contributed by atoms with E-state index < -0.39 is 0 Å². The van der Waals surface area contributed by atoms with Crippen molar-refractivity contribution in [3.8, 4) is 16.2 Å². The van der Waals surface area contributed by atoms with Gasteiger partial charge in [0.25, 0.3) is 0 Å². The van der Waals surface area contributed by atoms with Crippen LogP contribution in [0.5, 0.6) is 5.75 Å². The molecule has 0 atom stereocenters. The van der Waals surface area contributed by atoms with Gasteiger partial charge in [0.15, 0.2) is 6.29 Å². The highest BCUT2D eigenvalue weighted by Crippen LogP contribution is 2.33. The summed E-state index contributed by atoms with van der Waals surface area (Å²) in [4.78, 5) is 12.1. The van der Waals surface area contributed by atoms with Crippen LogP contribution >= 0.6 is 11.3 Å². The van der Waals surface area contributed by atoms with E-state index in [0.717, 1.165) is 16.7 Å². The van der Waals surface area contributed by atoms with Crippen molar-refractivity contribution in [2.24, 2.45) is 0 Å². The predicted octanol–water partition coefficient (Wildman–Crippen LogP) is 2.93. The van der Waals surface area contributed by atoms with E-state index in [1.54, 1.807) is 18.2 Å². The maximum Gasteiger partial charge on any atom is 0.160 e. The number of phenolic OH excluding ortho intramolecular Hbond substituents is 1. The first-order valence-electron chi connectivity index (χ1n) is 4.14. The van der Waals surface area contributed by atoms with Crippen LogP contribution in [0, 0.1) is 0 Å². The number of carbonyl (C=O) groups is 1. The lowest BCUT2D eigenvalue weighted by atomic mass is 10.2. The smallest absolute Gasteiger partial charge is 0.160 e. The lowest BCUT2D eigenvalue weighted by Crippen LogP contribution is -1.72. The van der Waals surface area contributed by atoms with Crippen molar-refractivity contribution in [3.63, 3.8) is 0 Å². The number of aromatic hydroxyl groups is 1. The van der Waals surface area contributed by atoms with Crippen LogP contribution in [-0.2, 0) is 0 Å². The number of hydrogen-bond acceptors (Lipinski definition) is 3. The van der Waals surface area contributed by atoms with Crippen LogP contribution in [-0.4, -0.2) is 11.4 Å². The van der Waals surface area contributed by atoms with Crippen LogP contribution in [0.4, 0.5) is 0 Å². The highest BCUT2D eigenvalue weighted by atomic mass is 32.1. The molecule has 2 rings (SSSR count). The Morgan fingerprint density at radius 1 is 1.14 bits per heavy atom. The van der Waals surface area contributed by atoms with Crippen LogP contribution in [0.3, 0.4) is 0 Å². The summed E-state index contributed by atoms with van der Waals surface area (Å²) in [7, 11) is 0. The molecule has 0 unspecified atom stereocenters. The van der Waals surface area contributed by atoms with Gasteiger partial charge < -0.3 is 5.11 Å². The molecule has 0 aliphatic carbocycles. The zero-order valence-corrected chi connectivity index (χ0v) is 8.12. The van der Waals surface area contributed by atoms with Crippen LogP contribution in [0.25, 0.3) is 10.4 Å². The molecule has 0 fully saturated rings. The van der Waals surface area contributed by atoms with E-state index in [1.807, 2.05) is 18.2 Å². The molecule has 1 heterocycles. The van der Waals surface area contributed by atoms with Gasteiger partial charge in [-0.05, 0) is 24.3 Å². The molecule has 14 heavy (non-hydrogen) atoms. The van der Waals surface area contributed by atoms with Crippen LogP contribution in [0.1, 0.15) is 9.67 Å². The topological polar surface area (TPSA) is 37.3 Å². The lowest BCUT2D eigenvalue weighted by Gasteiger charge is -1.99. The van der Waals surface area contributed by atoms with Gasteiger partial charge >= 0.3 is 0 Å². The first-order valence-corrected chi connectivity index (χ1v) is 4.96. The van der Waals surface area contributed by atoms with Gasteiger partial charge in [-0.2, -0.15) is 0 Å². The minimum atomic E-state index is 0.242. The van der Waals surface area contributed by atoms with Crippen LogP contribution < -0.4 is 0 Å². The number of para-hydroxylation sites is 1. The minimum absolute atomic E-state index is 0.242. The molecular formula is C11H8O2S. The normalized spacial score (nSPS) is 10.0. The molecule has 0 amide bonds. The van der Waals surface area contributed by atoms with E-state index in [0.29, 0.717) is 4.88 Å². The Hall–Kier alpha value is -1.61. The summed E-state index contributed by atoms with van der Waals surface area (Å²) >= 11 is 1.37. The Balaban J connectivity index is 2.49. The molecule has 0 aliphatic rings. The summed E-state index contributed by atoms with van der Waals surface area (Å²) in [6.45, 7) is 0. The molecule has 0 bridgehead atoms. The van der Waals surface area contributed by atoms with Gasteiger partial charge in [0.1, 0.15) is 5.75 Å². The van der Waals surface area contributed by atoms with Gasteiger partial charge in [0.05, 0.1) is 4.88 Å². The van der Waals surface area contributed by atoms with Gasteiger partial charge in [-0.1, -0.05) is 12.1 Å². The number of phenols is 1. The standard InChI is InChI=1S/C11H8O2S/c12-7-8-5-6-11(14-8)9-3-1-2-4-10(9)13/h1-7,13H. The van der Waals surface area contributed by atoms with Crippen molar-refractivity contribution in [1.82, 2.24) is 0 Å². The molecule has 1 aromatic heterocycles. The van der Waals surface area contributed by atoms with Crippen molar-refractivity contribution in [3.05, 3.63) is 41.3 Å². The van der Waals surface area contributed by atoms with E-state index in [1.165, 1.54) is 11.3 Å². The van der Waals surface area contributed by atoms with Gasteiger partial charge in [-0.3, -0.25) is 4.79 Å². The van der Waals surface area contributed by atoms with E-state index in [-0.39, 0.29) is 5.75 Å². The quantitative estimate of drug-likeness (QED) is 0.763. The SMILES string of the molecule is O=Cc1ccc(-c2ccccc2O)s1. The summed E-state index contributed by atoms with van der Waals surface area (Å²) in [6, 6.07) is 10.7. The summed E-state index contributed by atoms with van der Waals surface area (Å²) < 4.78 is 0. The molecule has 0 saturated carbocycles. The minimum Gasteiger partial charge on any atom is -0.507 e. The third-order valence-electron chi connectivity index (χ3n) is 1.91. The van der Waals surface area contributed by atoms with Crippen molar-refractivity contribution in [2.45, 2.75) is 0 Å². The highest BCUT2D eigenvalue weighted by Gasteiger charge is 2.05. The highest BCUT2D eigenvalue weighted by molar-refractivity contribution is 7.17. The Morgan fingerprint density at radius 2 is 1.93 bits per heavy atom. The zero-order valence-electron chi connectivity index (χ0n) is 7.31. The fourth-order valence-electron chi connectivity index (χ4n) is 1.24.